The number of morpholine rings is 1. The van der Waals surface area contributed by atoms with Gasteiger partial charge >= 0.3 is 5.82 Å². The third-order valence-corrected chi connectivity index (χ3v) is 8.52. The molecule has 0 bridgehead atoms. The molecule has 0 saturated carbocycles. The Labute approximate surface area is 253 Å². The molecule has 2 unspecified atom stereocenters. The molecule has 0 aliphatic carbocycles. The molecule has 1 saturated heterocycles. The first kappa shape index (κ1) is 27.1. The van der Waals surface area contributed by atoms with Gasteiger partial charge in [-0.15, -0.1) is 0 Å². The summed E-state index contributed by atoms with van der Waals surface area (Å²) in [6.07, 6.45) is 2.55. The summed E-state index contributed by atoms with van der Waals surface area (Å²) in [5, 5.41) is 1.84. The number of rotatable bonds is 4. The van der Waals surface area contributed by atoms with Crippen LogP contribution >= 0.6 is 0 Å². The molecule has 1 fully saturated rings. The molecular formula is C32H24F2N4O7. The van der Waals surface area contributed by atoms with Crippen molar-refractivity contribution in [1.29, 1.82) is 0 Å². The molecule has 3 aromatic heterocycles. The zero-order valence-corrected chi connectivity index (χ0v) is 23.7. The zero-order valence-electron chi connectivity index (χ0n) is 23.7. The largest absolute Gasteiger partial charge is 0.519 e. The van der Waals surface area contributed by atoms with Crippen molar-refractivity contribution in [1.82, 2.24) is 14.1 Å². The number of aromatic nitrogens is 2. The van der Waals surface area contributed by atoms with E-state index in [-0.39, 0.29) is 54.9 Å². The van der Waals surface area contributed by atoms with Crippen LogP contribution in [0.1, 0.15) is 39.2 Å². The van der Waals surface area contributed by atoms with Crippen molar-refractivity contribution in [2.24, 2.45) is 0 Å². The number of aryl methyl sites for hydroxylation is 1. The van der Waals surface area contributed by atoms with E-state index in [1.165, 1.54) is 23.9 Å². The number of carbonyl (C=O) groups is 1. The van der Waals surface area contributed by atoms with Crippen LogP contribution in [0.25, 0.3) is 16.9 Å². The Morgan fingerprint density at radius 1 is 0.956 bits per heavy atom. The summed E-state index contributed by atoms with van der Waals surface area (Å²) >= 11 is 0. The van der Waals surface area contributed by atoms with E-state index in [9.17, 15) is 18.8 Å². The van der Waals surface area contributed by atoms with E-state index in [0.29, 0.717) is 11.3 Å². The molecule has 1 amide bonds. The predicted molar refractivity (Wildman–Crippen MR) is 154 cm³/mol. The number of hydrogen-bond donors (Lipinski definition) is 0. The first-order valence-corrected chi connectivity index (χ1v) is 14.2. The first-order chi connectivity index (χ1) is 21.8. The molecule has 0 N–H and O–H groups in total. The number of carbonyl (C=O) groups excluding carboxylic acids is 1. The molecule has 3 aliphatic heterocycles. The fourth-order valence-corrected chi connectivity index (χ4v) is 6.54. The fraction of sp³-hybridized carbons (Fsp3) is 0.219. The lowest BCUT2D eigenvalue weighted by Gasteiger charge is -2.51. The van der Waals surface area contributed by atoms with Crippen LogP contribution in [0.15, 0.2) is 85.4 Å². The van der Waals surface area contributed by atoms with Crippen LogP contribution in [0.2, 0.25) is 0 Å². The molecular weight excluding hydrogens is 590 g/mol. The van der Waals surface area contributed by atoms with Gasteiger partial charge in [-0.1, -0.05) is 24.3 Å². The Hall–Kier alpha value is -5.43. The van der Waals surface area contributed by atoms with Crippen LogP contribution in [-0.2, 0) is 11.3 Å². The van der Waals surface area contributed by atoms with Crippen LogP contribution in [-0.4, -0.2) is 46.0 Å². The Balaban J connectivity index is 1.38. The van der Waals surface area contributed by atoms with Gasteiger partial charge in [0.1, 0.15) is 18.8 Å². The third-order valence-electron chi connectivity index (χ3n) is 8.52. The summed E-state index contributed by atoms with van der Waals surface area (Å²) in [6.45, 7) is 1.74. The summed E-state index contributed by atoms with van der Waals surface area (Å²) in [5.41, 5.74) is 1.80. The van der Waals surface area contributed by atoms with E-state index >= 15 is 4.39 Å². The van der Waals surface area contributed by atoms with Crippen molar-refractivity contribution >= 4 is 5.91 Å². The molecule has 5 aromatic rings. The van der Waals surface area contributed by atoms with Crippen molar-refractivity contribution in [3.8, 4) is 22.7 Å². The van der Waals surface area contributed by atoms with Crippen LogP contribution in [0.5, 0.6) is 5.75 Å². The number of benzene rings is 2. The van der Waals surface area contributed by atoms with Gasteiger partial charge in [-0.05, 0) is 36.8 Å². The number of halogens is 2. The van der Waals surface area contributed by atoms with Gasteiger partial charge in [-0.3, -0.25) is 19.3 Å². The van der Waals surface area contributed by atoms with Crippen molar-refractivity contribution in [2.75, 3.05) is 24.8 Å². The lowest BCUT2D eigenvalue weighted by atomic mass is 9.91. The van der Waals surface area contributed by atoms with Crippen molar-refractivity contribution in [3.05, 3.63) is 128 Å². The molecule has 0 radical (unpaired) electrons. The van der Waals surface area contributed by atoms with E-state index in [1.54, 1.807) is 29.3 Å². The minimum atomic E-state index is -1.00. The number of ether oxygens (including phenoxy) is 2. The average molecular weight is 615 g/mol. The second-order valence-corrected chi connectivity index (χ2v) is 10.9. The SMILES string of the molecule is Cc1oc(=O)oc1COc1c2n(ccc1=O)N(C1c3ccccc3-n3cccc3-c3c1ccc(F)c3F)C1COCCN1C2=O. The van der Waals surface area contributed by atoms with Crippen molar-refractivity contribution in [3.63, 3.8) is 0 Å². The predicted octanol–water partition coefficient (Wildman–Crippen LogP) is 3.87. The highest BCUT2D eigenvalue weighted by atomic mass is 19.2. The van der Waals surface area contributed by atoms with Crippen molar-refractivity contribution < 1.29 is 31.9 Å². The first-order valence-electron chi connectivity index (χ1n) is 14.2. The highest BCUT2D eigenvalue weighted by Crippen LogP contribution is 2.46. The lowest BCUT2D eigenvalue weighted by Crippen LogP contribution is -2.66. The molecule has 8 rings (SSSR count). The van der Waals surface area contributed by atoms with Crippen LogP contribution in [0.3, 0.4) is 0 Å². The Bertz CT molecular complexity index is 2130. The number of para-hydroxylation sites is 1. The average Bonchev–Trinajstić information content (AvgIpc) is 3.62. The Kier molecular flexibility index (Phi) is 6.07. The number of hydrogen-bond acceptors (Lipinski definition) is 8. The molecule has 2 aromatic carbocycles. The standard InChI is InChI=1S/C32H24F2N4O7/c1-17-24(45-32(41)44-17)15-43-30-23(39)10-12-37-29(30)31(40)36-13-14-42-16-25(36)38(37)28-18-5-2-3-6-21(18)35-11-4-7-22(35)26-19(28)8-9-20(33)27(26)34/h2-12,25,28H,13-16H2,1H3. The van der Waals surface area contributed by atoms with Gasteiger partial charge in [0, 0.05) is 36.1 Å². The molecule has 6 heterocycles. The van der Waals surface area contributed by atoms with Gasteiger partial charge in [-0.25, -0.2) is 13.6 Å². The summed E-state index contributed by atoms with van der Waals surface area (Å²) in [6, 6.07) is 14.1. The topological polar surface area (TPSA) is 112 Å². The number of fused-ring (bicyclic) bond motifs is 7. The van der Waals surface area contributed by atoms with E-state index in [0.717, 1.165) is 17.3 Å². The Morgan fingerprint density at radius 2 is 1.80 bits per heavy atom. The van der Waals surface area contributed by atoms with Gasteiger partial charge in [0.15, 0.2) is 34.6 Å². The van der Waals surface area contributed by atoms with E-state index in [1.807, 2.05) is 33.8 Å². The lowest BCUT2D eigenvalue weighted by molar-refractivity contribution is -0.0198. The second kappa shape index (κ2) is 10.1. The van der Waals surface area contributed by atoms with Gasteiger partial charge in [0.2, 0.25) is 5.43 Å². The highest BCUT2D eigenvalue weighted by Gasteiger charge is 2.47. The number of pyridine rings is 1. The highest BCUT2D eigenvalue weighted by molar-refractivity contribution is 5.97. The maximum absolute atomic E-state index is 15.9. The summed E-state index contributed by atoms with van der Waals surface area (Å²) in [5.74, 6) is -3.42. The van der Waals surface area contributed by atoms with Gasteiger partial charge in [0.05, 0.1) is 24.6 Å². The van der Waals surface area contributed by atoms with Crippen molar-refractivity contribution in [2.45, 2.75) is 25.7 Å². The normalized spacial score (nSPS) is 18.4. The molecule has 11 nitrogen and oxygen atoms in total. The van der Waals surface area contributed by atoms with Crippen LogP contribution in [0.4, 0.5) is 8.78 Å². The summed E-state index contributed by atoms with van der Waals surface area (Å²) in [7, 11) is 0. The molecule has 45 heavy (non-hydrogen) atoms. The summed E-state index contributed by atoms with van der Waals surface area (Å²) < 4.78 is 55.8. The van der Waals surface area contributed by atoms with Gasteiger partial charge < -0.3 is 27.8 Å². The molecule has 228 valence electrons. The molecule has 2 atom stereocenters. The molecule has 3 aliphatic rings. The Morgan fingerprint density at radius 3 is 2.62 bits per heavy atom. The minimum absolute atomic E-state index is 0.0670. The monoisotopic (exact) mass is 614 g/mol. The number of amides is 1. The van der Waals surface area contributed by atoms with Gasteiger partial charge in [-0.2, -0.15) is 0 Å². The molecule has 0 spiro atoms. The van der Waals surface area contributed by atoms with E-state index in [4.69, 9.17) is 18.3 Å². The zero-order chi connectivity index (χ0) is 31.0. The quantitative estimate of drug-likeness (QED) is 0.300. The second-order valence-electron chi connectivity index (χ2n) is 10.9. The molecule has 13 heteroatoms. The minimum Gasteiger partial charge on any atom is -0.479 e. The maximum Gasteiger partial charge on any atom is 0.519 e. The maximum atomic E-state index is 15.9. The van der Waals surface area contributed by atoms with Crippen LogP contribution in [0, 0.1) is 18.6 Å². The van der Waals surface area contributed by atoms with Gasteiger partial charge in [0.25, 0.3) is 5.91 Å². The van der Waals surface area contributed by atoms with E-state index in [2.05, 4.69) is 0 Å². The summed E-state index contributed by atoms with van der Waals surface area (Å²) in [4.78, 5) is 40.6. The van der Waals surface area contributed by atoms with E-state index < -0.39 is 41.0 Å². The fourth-order valence-electron chi connectivity index (χ4n) is 6.54. The smallest absolute Gasteiger partial charge is 0.479 e. The third kappa shape index (κ3) is 4.00. The van der Waals surface area contributed by atoms with Crippen LogP contribution < -0.4 is 21.0 Å². The number of nitrogens with zero attached hydrogens (tertiary/aromatic N) is 4.